The molecule has 0 atom stereocenters. The summed E-state index contributed by atoms with van der Waals surface area (Å²) in [7, 11) is -3.59. The molecule has 0 bridgehead atoms. The molecule has 0 fully saturated rings. The number of para-hydroxylation sites is 1. The van der Waals surface area contributed by atoms with Crippen molar-refractivity contribution in [3.05, 3.63) is 43.7 Å². The summed E-state index contributed by atoms with van der Waals surface area (Å²) in [6.45, 7) is 2.00. The van der Waals surface area contributed by atoms with E-state index in [0.717, 1.165) is 9.13 Å². The van der Waals surface area contributed by atoms with Crippen LogP contribution in [0.15, 0.2) is 34.5 Å². The minimum atomic E-state index is -3.59. The summed E-state index contributed by atoms with van der Waals surface area (Å²) in [5.41, 5.74) is 6.91. The van der Waals surface area contributed by atoms with Crippen molar-refractivity contribution in [2.45, 2.75) is 18.4 Å². The van der Waals surface area contributed by atoms with E-state index in [4.69, 9.17) is 5.73 Å². The summed E-state index contributed by atoms with van der Waals surface area (Å²) in [4.78, 5) is 0.982. The third-order valence-electron chi connectivity index (χ3n) is 2.56. The standard InChI is InChI=1S/C12H13IN2O2S2/c1-8-7-18-11(6-14)12(8)19(16,17)15-10-5-3-2-4-9(10)13/h2-5,7,15H,6,14H2,1H3. The van der Waals surface area contributed by atoms with Crippen LogP contribution in [0.25, 0.3) is 0 Å². The molecule has 0 aliphatic carbocycles. The lowest BCUT2D eigenvalue weighted by Gasteiger charge is -2.11. The molecule has 2 aromatic rings. The van der Waals surface area contributed by atoms with Gasteiger partial charge in [0.05, 0.1) is 5.69 Å². The van der Waals surface area contributed by atoms with Crippen molar-refractivity contribution in [2.24, 2.45) is 5.73 Å². The van der Waals surface area contributed by atoms with E-state index in [1.54, 1.807) is 19.1 Å². The van der Waals surface area contributed by atoms with Crippen molar-refractivity contribution in [1.82, 2.24) is 0 Å². The Morgan fingerprint density at radius 2 is 2.05 bits per heavy atom. The number of anilines is 1. The molecule has 0 aliphatic heterocycles. The highest BCUT2D eigenvalue weighted by Gasteiger charge is 2.23. The van der Waals surface area contributed by atoms with E-state index >= 15 is 0 Å². The van der Waals surface area contributed by atoms with E-state index < -0.39 is 10.0 Å². The molecular formula is C12H13IN2O2S2. The molecule has 2 rings (SSSR count). The lowest BCUT2D eigenvalue weighted by molar-refractivity contribution is 0.600. The van der Waals surface area contributed by atoms with Crippen molar-refractivity contribution < 1.29 is 8.42 Å². The Labute approximate surface area is 130 Å². The van der Waals surface area contributed by atoms with Crippen molar-refractivity contribution in [2.75, 3.05) is 4.72 Å². The molecule has 4 nitrogen and oxygen atoms in total. The predicted octanol–water partition coefficient (Wildman–Crippen LogP) is 2.92. The zero-order chi connectivity index (χ0) is 14.0. The number of sulfonamides is 1. The van der Waals surface area contributed by atoms with E-state index in [2.05, 4.69) is 27.3 Å². The molecule has 0 amide bonds. The van der Waals surface area contributed by atoms with Crippen LogP contribution in [-0.2, 0) is 16.6 Å². The first-order chi connectivity index (χ1) is 8.95. The highest BCUT2D eigenvalue weighted by molar-refractivity contribution is 14.1. The number of halogens is 1. The van der Waals surface area contributed by atoms with Crippen LogP contribution in [0.5, 0.6) is 0 Å². The normalized spacial score (nSPS) is 11.5. The lowest BCUT2D eigenvalue weighted by Crippen LogP contribution is -2.16. The van der Waals surface area contributed by atoms with Crippen LogP contribution in [0, 0.1) is 10.5 Å². The van der Waals surface area contributed by atoms with Crippen LogP contribution in [0.4, 0.5) is 5.69 Å². The fourth-order valence-corrected chi connectivity index (χ4v) is 5.22. The summed E-state index contributed by atoms with van der Waals surface area (Å²) in [6, 6.07) is 7.25. The fourth-order valence-electron chi connectivity index (χ4n) is 1.73. The monoisotopic (exact) mass is 408 g/mol. The molecule has 0 saturated heterocycles. The minimum absolute atomic E-state index is 0.223. The van der Waals surface area contributed by atoms with Crippen molar-refractivity contribution in [3.63, 3.8) is 0 Å². The van der Waals surface area contributed by atoms with E-state index in [9.17, 15) is 8.42 Å². The Morgan fingerprint density at radius 1 is 1.37 bits per heavy atom. The third kappa shape index (κ3) is 3.10. The number of hydrogen-bond donors (Lipinski definition) is 2. The molecule has 0 saturated carbocycles. The predicted molar refractivity (Wildman–Crippen MR) is 86.9 cm³/mol. The Hall–Kier alpha value is -0.640. The Kier molecular flexibility index (Phi) is 4.49. The molecule has 0 aliphatic rings. The van der Waals surface area contributed by atoms with Gasteiger partial charge in [0.15, 0.2) is 0 Å². The van der Waals surface area contributed by atoms with Gasteiger partial charge < -0.3 is 5.73 Å². The maximum Gasteiger partial charge on any atom is 0.263 e. The number of nitrogens with two attached hydrogens (primary N) is 1. The van der Waals surface area contributed by atoms with Gasteiger partial charge in [0, 0.05) is 15.0 Å². The second-order valence-corrected chi connectivity index (χ2v) is 7.71. The van der Waals surface area contributed by atoms with Crippen molar-refractivity contribution in [1.29, 1.82) is 0 Å². The Bertz CT molecular complexity index is 696. The average molecular weight is 408 g/mol. The highest BCUT2D eigenvalue weighted by Crippen LogP contribution is 2.29. The number of nitrogens with one attached hydrogen (secondary N) is 1. The zero-order valence-corrected chi connectivity index (χ0v) is 14.0. The molecule has 19 heavy (non-hydrogen) atoms. The van der Waals surface area contributed by atoms with Gasteiger partial charge >= 0.3 is 0 Å². The first kappa shape index (κ1) is 14.8. The molecule has 1 heterocycles. The molecular weight excluding hydrogens is 395 g/mol. The summed E-state index contributed by atoms with van der Waals surface area (Å²) in [5.74, 6) is 0. The molecule has 0 spiro atoms. The summed E-state index contributed by atoms with van der Waals surface area (Å²) < 4.78 is 28.4. The second kappa shape index (κ2) is 5.78. The van der Waals surface area contributed by atoms with Crippen LogP contribution >= 0.6 is 33.9 Å². The summed E-state index contributed by atoms with van der Waals surface area (Å²) in [5, 5.41) is 1.81. The third-order valence-corrected chi connectivity index (χ3v) is 6.35. The second-order valence-electron chi connectivity index (χ2n) is 3.96. The van der Waals surface area contributed by atoms with E-state index in [1.165, 1.54) is 11.3 Å². The van der Waals surface area contributed by atoms with Crippen LogP contribution in [-0.4, -0.2) is 8.42 Å². The van der Waals surface area contributed by atoms with Crippen LogP contribution in [0.3, 0.4) is 0 Å². The van der Waals surface area contributed by atoms with Gasteiger partial charge in [-0.3, -0.25) is 4.72 Å². The zero-order valence-electron chi connectivity index (χ0n) is 10.2. The highest BCUT2D eigenvalue weighted by atomic mass is 127. The average Bonchev–Trinajstić information content (AvgIpc) is 2.74. The van der Waals surface area contributed by atoms with Gasteiger partial charge in [0.1, 0.15) is 4.90 Å². The Morgan fingerprint density at radius 3 is 2.68 bits per heavy atom. The molecule has 0 unspecified atom stereocenters. The van der Waals surface area contributed by atoms with Gasteiger partial charge in [-0.1, -0.05) is 12.1 Å². The number of thiophene rings is 1. The number of hydrogen-bond acceptors (Lipinski definition) is 4. The molecule has 102 valence electrons. The number of benzene rings is 1. The maximum atomic E-state index is 12.5. The first-order valence-corrected chi connectivity index (χ1v) is 8.94. The van der Waals surface area contributed by atoms with Gasteiger partial charge in [-0.15, -0.1) is 11.3 Å². The lowest BCUT2D eigenvalue weighted by atomic mass is 10.3. The fraction of sp³-hybridized carbons (Fsp3) is 0.167. The van der Waals surface area contributed by atoms with Crippen molar-refractivity contribution in [3.8, 4) is 0 Å². The van der Waals surface area contributed by atoms with Gasteiger partial charge in [-0.25, -0.2) is 8.42 Å². The summed E-state index contributed by atoms with van der Waals surface area (Å²) >= 11 is 3.47. The van der Waals surface area contributed by atoms with Crippen LogP contribution in [0.1, 0.15) is 10.4 Å². The van der Waals surface area contributed by atoms with Gasteiger partial charge in [-0.05, 0) is 52.6 Å². The molecule has 3 N–H and O–H groups in total. The van der Waals surface area contributed by atoms with E-state index in [-0.39, 0.29) is 6.54 Å². The number of aryl methyl sites for hydroxylation is 1. The van der Waals surface area contributed by atoms with Crippen LogP contribution < -0.4 is 10.5 Å². The topological polar surface area (TPSA) is 72.2 Å². The van der Waals surface area contributed by atoms with Gasteiger partial charge in [0.25, 0.3) is 10.0 Å². The summed E-state index contributed by atoms with van der Waals surface area (Å²) in [6.07, 6.45) is 0. The number of rotatable bonds is 4. The van der Waals surface area contributed by atoms with Gasteiger partial charge in [-0.2, -0.15) is 0 Å². The minimum Gasteiger partial charge on any atom is -0.326 e. The smallest absolute Gasteiger partial charge is 0.263 e. The first-order valence-electron chi connectivity index (χ1n) is 5.50. The van der Waals surface area contributed by atoms with E-state index in [1.807, 2.05) is 17.5 Å². The van der Waals surface area contributed by atoms with Crippen LogP contribution in [0.2, 0.25) is 0 Å². The van der Waals surface area contributed by atoms with Gasteiger partial charge in [0.2, 0.25) is 0 Å². The molecule has 1 aromatic carbocycles. The maximum absolute atomic E-state index is 12.5. The molecule has 7 heteroatoms. The Balaban J connectivity index is 2.44. The van der Waals surface area contributed by atoms with E-state index in [0.29, 0.717) is 15.5 Å². The SMILES string of the molecule is Cc1csc(CN)c1S(=O)(=O)Nc1ccccc1I. The molecule has 1 aromatic heterocycles. The largest absolute Gasteiger partial charge is 0.326 e. The quantitative estimate of drug-likeness (QED) is 0.765. The molecule has 0 radical (unpaired) electrons. The van der Waals surface area contributed by atoms with Crippen molar-refractivity contribution >= 4 is 49.6 Å².